The highest BCUT2D eigenvalue weighted by molar-refractivity contribution is 5.92. The van der Waals surface area contributed by atoms with Crippen molar-refractivity contribution in [2.24, 2.45) is 0 Å². The van der Waals surface area contributed by atoms with Crippen LogP contribution in [-0.2, 0) is 4.79 Å². The molecule has 114 valence electrons. The van der Waals surface area contributed by atoms with E-state index in [0.29, 0.717) is 0 Å². The molecule has 3 nitrogen and oxygen atoms in total. The highest BCUT2D eigenvalue weighted by Crippen LogP contribution is 2.31. The third kappa shape index (κ3) is 3.34. The summed E-state index contributed by atoms with van der Waals surface area (Å²) in [5.74, 6) is -0.579. The molecule has 0 bridgehead atoms. The van der Waals surface area contributed by atoms with Crippen molar-refractivity contribution in [3.05, 3.63) is 66.0 Å². The highest BCUT2D eigenvalue weighted by atomic mass is 19.1. The van der Waals surface area contributed by atoms with Crippen LogP contribution in [0.25, 0.3) is 0 Å². The normalized spacial score (nSPS) is 18.3. The van der Waals surface area contributed by atoms with Crippen LogP contribution in [0.1, 0.15) is 24.4 Å². The molecule has 1 aliphatic rings. The van der Waals surface area contributed by atoms with Crippen molar-refractivity contribution in [3.8, 4) is 0 Å². The molecule has 1 fully saturated rings. The van der Waals surface area contributed by atoms with E-state index in [9.17, 15) is 9.18 Å². The summed E-state index contributed by atoms with van der Waals surface area (Å²) in [5, 5.41) is 2.65. The van der Waals surface area contributed by atoms with E-state index >= 15 is 0 Å². The van der Waals surface area contributed by atoms with Gasteiger partial charge in [0.25, 0.3) is 0 Å². The van der Waals surface area contributed by atoms with Gasteiger partial charge in [-0.05, 0) is 37.1 Å². The molecule has 1 saturated heterocycles. The molecule has 4 heteroatoms. The highest BCUT2D eigenvalue weighted by Gasteiger charge is 2.27. The number of halogens is 1. The maximum atomic E-state index is 13.6. The molecule has 1 aliphatic heterocycles. The molecule has 2 aromatic carbocycles. The van der Waals surface area contributed by atoms with Crippen molar-refractivity contribution in [3.63, 3.8) is 0 Å². The number of benzene rings is 2. The van der Waals surface area contributed by atoms with Crippen molar-refractivity contribution in [1.82, 2.24) is 4.90 Å². The number of para-hydroxylation sites is 1. The largest absolute Gasteiger partial charge is 0.322 e. The summed E-state index contributed by atoms with van der Waals surface area (Å²) in [7, 11) is 0. The van der Waals surface area contributed by atoms with Crippen molar-refractivity contribution in [2.75, 3.05) is 18.4 Å². The number of nitrogens with one attached hydrogen (secondary N) is 1. The molecule has 0 aromatic heterocycles. The standard InChI is InChI=1S/C18H19FN2O/c19-15-9-4-5-10-16(15)20-18(22)13-21-12-6-11-17(21)14-7-2-1-3-8-14/h1-5,7-10,17H,6,11-13H2,(H,20,22). The number of amides is 1. The third-order valence-corrected chi connectivity index (χ3v) is 4.04. The Labute approximate surface area is 129 Å². The maximum absolute atomic E-state index is 13.6. The van der Waals surface area contributed by atoms with Crippen molar-refractivity contribution < 1.29 is 9.18 Å². The Hall–Kier alpha value is -2.20. The minimum atomic E-state index is -0.406. The SMILES string of the molecule is O=C(CN1CCCC1c1ccccc1)Nc1ccccc1F. The van der Waals surface area contributed by atoms with E-state index in [2.05, 4.69) is 22.3 Å². The van der Waals surface area contributed by atoms with Crippen LogP contribution in [0.15, 0.2) is 54.6 Å². The fourth-order valence-electron chi connectivity index (χ4n) is 3.00. The molecule has 3 rings (SSSR count). The zero-order chi connectivity index (χ0) is 15.4. The molecule has 0 saturated carbocycles. The third-order valence-electron chi connectivity index (χ3n) is 4.04. The van der Waals surface area contributed by atoms with Crippen LogP contribution in [0.5, 0.6) is 0 Å². The lowest BCUT2D eigenvalue weighted by atomic mass is 10.0. The zero-order valence-corrected chi connectivity index (χ0v) is 12.3. The number of likely N-dealkylation sites (tertiary alicyclic amines) is 1. The van der Waals surface area contributed by atoms with Crippen LogP contribution in [0.3, 0.4) is 0 Å². The van der Waals surface area contributed by atoms with Crippen LogP contribution in [0.2, 0.25) is 0 Å². The fraction of sp³-hybridized carbons (Fsp3) is 0.278. The van der Waals surface area contributed by atoms with Gasteiger partial charge in [0.15, 0.2) is 0 Å². The van der Waals surface area contributed by atoms with Crippen LogP contribution >= 0.6 is 0 Å². The number of hydrogen-bond acceptors (Lipinski definition) is 2. The van der Waals surface area contributed by atoms with E-state index in [-0.39, 0.29) is 24.2 Å². The first-order valence-electron chi connectivity index (χ1n) is 7.57. The molecule has 1 amide bonds. The molecule has 0 aliphatic carbocycles. The molecular weight excluding hydrogens is 279 g/mol. The Morgan fingerprint density at radius 2 is 1.86 bits per heavy atom. The molecule has 2 aromatic rings. The van der Waals surface area contributed by atoms with Gasteiger partial charge in [0.05, 0.1) is 12.2 Å². The van der Waals surface area contributed by atoms with Crippen LogP contribution in [0, 0.1) is 5.82 Å². The average molecular weight is 298 g/mol. The van der Waals surface area contributed by atoms with Gasteiger partial charge in [-0.15, -0.1) is 0 Å². The van der Waals surface area contributed by atoms with Gasteiger partial charge in [-0.25, -0.2) is 4.39 Å². The summed E-state index contributed by atoms with van der Waals surface area (Å²) in [5.41, 5.74) is 1.47. The summed E-state index contributed by atoms with van der Waals surface area (Å²) >= 11 is 0. The van der Waals surface area contributed by atoms with E-state index in [4.69, 9.17) is 0 Å². The lowest BCUT2D eigenvalue weighted by molar-refractivity contribution is -0.117. The Bertz CT molecular complexity index is 645. The van der Waals surface area contributed by atoms with Crippen LogP contribution in [0.4, 0.5) is 10.1 Å². The minimum Gasteiger partial charge on any atom is -0.322 e. The molecule has 1 N–H and O–H groups in total. The molecule has 1 heterocycles. The summed E-state index contributed by atoms with van der Waals surface area (Å²) in [6, 6.07) is 16.7. The summed E-state index contributed by atoms with van der Waals surface area (Å²) in [6.45, 7) is 1.18. The number of nitrogens with zero attached hydrogens (tertiary/aromatic N) is 1. The van der Waals surface area contributed by atoms with Gasteiger partial charge in [0.1, 0.15) is 5.82 Å². The number of hydrogen-bond donors (Lipinski definition) is 1. The Morgan fingerprint density at radius 1 is 1.14 bits per heavy atom. The fourth-order valence-corrected chi connectivity index (χ4v) is 3.00. The van der Waals surface area contributed by atoms with Crippen molar-refractivity contribution in [1.29, 1.82) is 0 Å². The second kappa shape index (κ2) is 6.71. The van der Waals surface area contributed by atoms with E-state index < -0.39 is 5.82 Å². The average Bonchev–Trinajstić information content (AvgIpc) is 2.98. The summed E-state index contributed by atoms with van der Waals surface area (Å²) in [4.78, 5) is 14.3. The predicted molar refractivity (Wildman–Crippen MR) is 85.0 cm³/mol. The van der Waals surface area contributed by atoms with Gasteiger partial charge in [-0.2, -0.15) is 0 Å². The van der Waals surface area contributed by atoms with Gasteiger partial charge in [0.2, 0.25) is 5.91 Å². The number of carbonyl (C=O) groups excluding carboxylic acids is 1. The Morgan fingerprint density at radius 3 is 2.64 bits per heavy atom. The zero-order valence-electron chi connectivity index (χ0n) is 12.3. The smallest absolute Gasteiger partial charge is 0.238 e. The van der Waals surface area contributed by atoms with Crippen molar-refractivity contribution >= 4 is 11.6 Å². The summed E-state index contributed by atoms with van der Waals surface area (Å²) < 4.78 is 13.6. The molecule has 0 spiro atoms. The second-order valence-electron chi connectivity index (χ2n) is 5.57. The summed E-state index contributed by atoms with van der Waals surface area (Å²) in [6.07, 6.45) is 2.13. The lowest BCUT2D eigenvalue weighted by Crippen LogP contribution is -2.33. The number of anilines is 1. The van der Waals surface area contributed by atoms with Gasteiger partial charge in [0, 0.05) is 6.04 Å². The van der Waals surface area contributed by atoms with Gasteiger partial charge in [-0.1, -0.05) is 42.5 Å². The molecular formula is C18H19FN2O. The van der Waals surface area contributed by atoms with Crippen LogP contribution < -0.4 is 5.32 Å². The van der Waals surface area contributed by atoms with E-state index in [1.807, 2.05) is 18.2 Å². The van der Waals surface area contributed by atoms with E-state index in [1.165, 1.54) is 11.6 Å². The van der Waals surface area contributed by atoms with Gasteiger partial charge in [-0.3, -0.25) is 9.69 Å². The topological polar surface area (TPSA) is 32.3 Å². The second-order valence-corrected chi connectivity index (χ2v) is 5.57. The molecule has 22 heavy (non-hydrogen) atoms. The van der Waals surface area contributed by atoms with Gasteiger partial charge >= 0.3 is 0 Å². The maximum Gasteiger partial charge on any atom is 0.238 e. The van der Waals surface area contributed by atoms with Crippen LogP contribution in [-0.4, -0.2) is 23.9 Å². The van der Waals surface area contributed by atoms with E-state index in [1.54, 1.807) is 18.2 Å². The predicted octanol–water partition coefficient (Wildman–Crippen LogP) is 3.60. The minimum absolute atomic E-state index is 0.173. The lowest BCUT2D eigenvalue weighted by Gasteiger charge is -2.24. The molecule has 1 unspecified atom stereocenters. The van der Waals surface area contributed by atoms with Crippen molar-refractivity contribution in [2.45, 2.75) is 18.9 Å². The first-order valence-corrected chi connectivity index (χ1v) is 7.57. The monoisotopic (exact) mass is 298 g/mol. The first kappa shape index (κ1) is 14.7. The Balaban J connectivity index is 1.65. The van der Waals surface area contributed by atoms with E-state index in [0.717, 1.165) is 19.4 Å². The number of rotatable bonds is 4. The molecule has 0 radical (unpaired) electrons. The quantitative estimate of drug-likeness (QED) is 0.935. The first-order chi connectivity index (χ1) is 10.7. The molecule has 1 atom stereocenters. The van der Waals surface area contributed by atoms with Gasteiger partial charge < -0.3 is 5.32 Å². The number of carbonyl (C=O) groups is 1. The Kier molecular flexibility index (Phi) is 4.49.